The number of rotatable bonds is 9. The number of hydrogen-bond donors (Lipinski definition) is 0. The number of thiophene rings is 2. The molecule has 0 spiro atoms. The third kappa shape index (κ3) is 7.33. The van der Waals surface area contributed by atoms with Crippen molar-refractivity contribution in [3.05, 3.63) is 255 Å². The molecule has 0 radical (unpaired) electrons. The summed E-state index contributed by atoms with van der Waals surface area (Å²) in [5.41, 5.74) is 15.0. The lowest BCUT2D eigenvalue weighted by molar-refractivity contribution is 0.669. The third-order valence-electron chi connectivity index (χ3n) is 13.8. The second-order valence-electron chi connectivity index (χ2n) is 18.1. The summed E-state index contributed by atoms with van der Waals surface area (Å²) in [6.45, 7) is 0. The molecule has 3 nitrogen and oxygen atoms in total. The lowest BCUT2D eigenvalue weighted by Crippen LogP contribution is -2.13. The van der Waals surface area contributed by atoms with Crippen LogP contribution in [0.1, 0.15) is 0 Å². The van der Waals surface area contributed by atoms with Crippen molar-refractivity contribution in [2.24, 2.45) is 0 Å². The molecular formula is C66H42N2OS2. The van der Waals surface area contributed by atoms with Crippen LogP contribution in [0.15, 0.2) is 259 Å². The van der Waals surface area contributed by atoms with Crippen molar-refractivity contribution in [2.45, 2.75) is 0 Å². The highest BCUT2D eigenvalue weighted by Gasteiger charge is 2.21. The zero-order valence-corrected chi connectivity index (χ0v) is 40.0. The topological polar surface area (TPSA) is 19.6 Å². The van der Waals surface area contributed by atoms with Gasteiger partial charge < -0.3 is 14.2 Å². The van der Waals surface area contributed by atoms with E-state index in [0.717, 1.165) is 78.3 Å². The molecule has 0 saturated heterocycles. The second-order valence-corrected chi connectivity index (χ2v) is 20.3. The summed E-state index contributed by atoms with van der Waals surface area (Å²) in [5.74, 6) is 0. The molecule has 14 aromatic rings. The van der Waals surface area contributed by atoms with E-state index in [-0.39, 0.29) is 0 Å². The van der Waals surface area contributed by atoms with Crippen LogP contribution in [0.5, 0.6) is 0 Å². The average Bonchev–Trinajstić information content (AvgIpc) is 4.12. The van der Waals surface area contributed by atoms with Gasteiger partial charge in [0.15, 0.2) is 0 Å². The molecule has 334 valence electrons. The van der Waals surface area contributed by atoms with Gasteiger partial charge in [-0.2, -0.15) is 0 Å². The number of nitrogens with zero attached hydrogens (tertiary/aromatic N) is 2. The van der Waals surface area contributed by atoms with Crippen molar-refractivity contribution in [3.63, 3.8) is 0 Å². The standard InChI is InChI=1S/C66H42N2OS2/c1-3-17-49(18-4-1)67(51-21-13-15-43(35-51)45-30-33-65-59(40-45)56-24-8-11-27-63(56)70-65)53-37-48(47-29-32-62-58(39-47)55-23-7-10-26-61(55)69-62)38-54(42-53)68(50-19-5-2-6-20-50)52-22-14-16-44(36-52)46-31-34-66-60(41-46)57-25-9-12-28-64(57)71-66/h1-42H. The van der Waals surface area contributed by atoms with Gasteiger partial charge in [-0.1, -0.05) is 133 Å². The molecule has 11 aromatic carbocycles. The van der Waals surface area contributed by atoms with Crippen LogP contribution in [0, 0.1) is 0 Å². The highest BCUT2D eigenvalue weighted by Crippen LogP contribution is 2.46. The van der Waals surface area contributed by atoms with Crippen molar-refractivity contribution in [1.29, 1.82) is 0 Å². The minimum absolute atomic E-state index is 0.874. The van der Waals surface area contributed by atoms with E-state index in [1.165, 1.54) is 51.5 Å². The monoisotopic (exact) mass is 942 g/mol. The number of fused-ring (bicyclic) bond motifs is 9. The summed E-state index contributed by atoms with van der Waals surface area (Å²) < 4.78 is 11.6. The number of benzene rings is 11. The van der Waals surface area contributed by atoms with Crippen molar-refractivity contribution in [3.8, 4) is 33.4 Å². The Labute approximate surface area is 419 Å². The molecule has 0 aliphatic heterocycles. The average molecular weight is 943 g/mol. The zero-order chi connectivity index (χ0) is 46.8. The van der Waals surface area contributed by atoms with Crippen molar-refractivity contribution >= 4 is 119 Å². The van der Waals surface area contributed by atoms with E-state index in [9.17, 15) is 0 Å². The molecule has 14 rings (SSSR count). The molecule has 0 unspecified atom stereocenters. The Kier molecular flexibility index (Phi) is 9.90. The molecule has 0 saturated carbocycles. The smallest absolute Gasteiger partial charge is 0.135 e. The predicted octanol–water partition coefficient (Wildman–Crippen LogP) is 20.3. The predicted molar refractivity (Wildman–Crippen MR) is 305 cm³/mol. The van der Waals surface area contributed by atoms with Crippen LogP contribution in [-0.2, 0) is 0 Å². The fraction of sp³-hybridized carbons (Fsp3) is 0. The van der Waals surface area contributed by atoms with Gasteiger partial charge in [0.1, 0.15) is 11.2 Å². The molecule has 3 heterocycles. The Morgan fingerprint density at radius 3 is 1.18 bits per heavy atom. The molecule has 71 heavy (non-hydrogen) atoms. The van der Waals surface area contributed by atoms with E-state index in [0.29, 0.717) is 0 Å². The Morgan fingerprint density at radius 1 is 0.225 bits per heavy atom. The minimum atomic E-state index is 0.874. The highest BCUT2D eigenvalue weighted by molar-refractivity contribution is 7.26. The molecule has 3 aromatic heterocycles. The van der Waals surface area contributed by atoms with Crippen LogP contribution < -0.4 is 9.80 Å². The first kappa shape index (κ1) is 41.3. The van der Waals surface area contributed by atoms with Gasteiger partial charge in [0.05, 0.1) is 0 Å². The van der Waals surface area contributed by atoms with E-state index in [4.69, 9.17) is 4.42 Å². The molecule has 0 atom stereocenters. The lowest BCUT2D eigenvalue weighted by atomic mass is 9.99. The third-order valence-corrected chi connectivity index (χ3v) is 16.1. The number of anilines is 6. The molecule has 0 aliphatic carbocycles. The van der Waals surface area contributed by atoms with Gasteiger partial charge in [-0.15, -0.1) is 22.7 Å². The van der Waals surface area contributed by atoms with E-state index < -0.39 is 0 Å². The van der Waals surface area contributed by atoms with Crippen molar-refractivity contribution in [1.82, 2.24) is 0 Å². The first-order chi connectivity index (χ1) is 35.1. The van der Waals surface area contributed by atoms with Crippen LogP contribution in [0.2, 0.25) is 0 Å². The normalized spacial score (nSPS) is 11.7. The van der Waals surface area contributed by atoms with Crippen LogP contribution in [0.4, 0.5) is 34.1 Å². The minimum Gasteiger partial charge on any atom is -0.456 e. The van der Waals surface area contributed by atoms with Gasteiger partial charge in [0.2, 0.25) is 0 Å². The summed E-state index contributed by atoms with van der Waals surface area (Å²) in [7, 11) is 0. The number of furan rings is 1. The molecule has 0 N–H and O–H groups in total. The highest BCUT2D eigenvalue weighted by atomic mass is 32.1. The fourth-order valence-corrected chi connectivity index (χ4v) is 12.6. The molecule has 5 heteroatoms. The van der Waals surface area contributed by atoms with Gasteiger partial charge in [0, 0.05) is 85.2 Å². The summed E-state index contributed by atoms with van der Waals surface area (Å²) in [5, 5.41) is 7.38. The lowest BCUT2D eigenvalue weighted by Gasteiger charge is -2.30. The van der Waals surface area contributed by atoms with Crippen LogP contribution in [-0.4, -0.2) is 0 Å². The van der Waals surface area contributed by atoms with Gasteiger partial charge >= 0.3 is 0 Å². The summed E-state index contributed by atoms with van der Waals surface area (Å²) in [6.07, 6.45) is 0. The number of hydrogen-bond acceptors (Lipinski definition) is 5. The summed E-state index contributed by atoms with van der Waals surface area (Å²) >= 11 is 3.71. The second kappa shape index (κ2) is 17.0. The maximum absolute atomic E-state index is 6.36. The van der Waals surface area contributed by atoms with Gasteiger partial charge in [-0.05, 0) is 155 Å². The van der Waals surface area contributed by atoms with Crippen molar-refractivity contribution < 1.29 is 4.42 Å². The Morgan fingerprint density at radius 2 is 0.620 bits per heavy atom. The molecule has 0 bridgehead atoms. The van der Waals surface area contributed by atoms with Crippen molar-refractivity contribution in [2.75, 3.05) is 9.80 Å². The van der Waals surface area contributed by atoms with E-state index in [1.807, 2.05) is 34.8 Å². The summed E-state index contributed by atoms with van der Waals surface area (Å²) in [4.78, 5) is 4.81. The SMILES string of the molecule is c1ccc(N(c2cccc(-c3ccc4sc5ccccc5c4c3)c2)c2cc(-c3ccc4oc5ccccc5c4c3)cc(N(c3ccccc3)c3cccc(-c4ccc5sc6ccccc6c5c4)c3)c2)cc1. The molecule has 0 aliphatic rings. The largest absolute Gasteiger partial charge is 0.456 e. The van der Waals surface area contributed by atoms with E-state index >= 15 is 0 Å². The van der Waals surface area contributed by atoms with Crippen LogP contribution >= 0.6 is 22.7 Å². The first-order valence-corrected chi connectivity index (χ1v) is 25.6. The van der Waals surface area contributed by atoms with Gasteiger partial charge in [-0.3, -0.25) is 0 Å². The molecule has 0 fully saturated rings. The molecular weight excluding hydrogens is 901 g/mol. The maximum Gasteiger partial charge on any atom is 0.135 e. The van der Waals surface area contributed by atoms with E-state index in [1.54, 1.807) is 0 Å². The van der Waals surface area contributed by atoms with Gasteiger partial charge in [0.25, 0.3) is 0 Å². The summed E-state index contributed by atoms with van der Waals surface area (Å²) in [6, 6.07) is 92.7. The maximum atomic E-state index is 6.36. The van der Waals surface area contributed by atoms with Crippen LogP contribution in [0.25, 0.3) is 95.7 Å². The molecule has 0 amide bonds. The van der Waals surface area contributed by atoms with Crippen LogP contribution in [0.3, 0.4) is 0 Å². The number of para-hydroxylation sites is 3. The van der Waals surface area contributed by atoms with Gasteiger partial charge in [-0.25, -0.2) is 0 Å². The Bertz CT molecular complexity index is 4100. The fourth-order valence-electron chi connectivity index (χ4n) is 10.4. The zero-order valence-electron chi connectivity index (χ0n) is 38.4. The Hall–Kier alpha value is -8.74. The Balaban J connectivity index is 0.970. The first-order valence-electron chi connectivity index (χ1n) is 24.0. The van der Waals surface area contributed by atoms with E-state index in [2.05, 4.69) is 252 Å². The quantitative estimate of drug-likeness (QED) is 0.144.